The molecule has 1 aliphatic heterocycles. The number of piperidine rings is 1. The highest BCUT2D eigenvalue weighted by Crippen LogP contribution is 2.16. The van der Waals surface area contributed by atoms with Crippen LogP contribution in [0.15, 0.2) is 0 Å². The second-order valence-electron chi connectivity index (χ2n) is 4.65. The van der Waals surface area contributed by atoms with E-state index < -0.39 is 12.0 Å². The average molecular weight is 258 g/mol. The van der Waals surface area contributed by atoms with E-state index in [-0.39, 0.29) is 18.7 Å². The number of aliphatic hydroxyl groups excluding tert-OH is 1. The standard InChI is InChI=1S/C12H22N2O4/c1-2-5-10(11(16)17)13-12(18)14-7-4-3-6-9(14)8-15/h9-10,15H,2-8H2,1H3,(H,13,18)(H,16,17)/t9?,10-/m1/s1. The van der Waals surface area contributed by atoms with Gasteiger partial charge in [-0.3, -0.25) is 0 Å². The number of carboxylic acid groups (broad SMARTS) is 1. The fraction of sp³-hybridized carbons (Fsp3) is 0.833. The highest BCUT2D eigenvalue weighted by molar-refractivity contribution is 5.82. The normalized spacial score (nSPS) is 21.4. The van der Waals surface area contributed by atoms with Crippen molar-refractivity contribution in [2.45, 2.75) is 51.1 Å². The zero-order chi connectivity index (χ0) is 13.5. The summed E-state index contributed by atoms with van der Waals surface area (Å²) in [5.74, 6) is -1.01. The molecule has 0 bridgehead atoms. The molecule has 0 spiro atoms. The number of carbonyl (C=O) groups is 2. The zero-order valence-corrected chi connectivity index (χ0v) is 10.8. The van der Waals surface area contributed by atoms with Crippen LogP contribution in [0.25, 0.3) is 0 Å². The molecule has 6 nitrogen and oxygen atoms in total. The van der Waals surface area contributed by atoms with Gasteiger partial charge < -0.3 is 20.4 Å². The van der Waals surface area contributed by atoms with Gasteiger partial charge in [0.2, 0.25) is 0 Å². The van der Waals surface area contributed by atoms with Gasteiger partial charge in [-0.25, -0.2) is 9.59 Å². The van der Waals surface area contributed by atoms with E-state index >= 15 is 0 Å². The lowest BCUT2D eigenvalue weighted by Gasteiger charge is -2.35. The third-order valence-corrected chi connectivity index (χ3v) is 3.27. The second kappa shape index (κ2) is 7.20. The van der Waals surface area contributed by atoms with Crippen LogP contribution in [-0.4, -0.2) is 52.3 Å². The van der Waals surface area contributed by atoms with Crippen LogP contribution in [-0.2, 0) is 4.79 Å². The fourth-order valence-electron chi connectivity index (χ4n) is 2.24. The summed E-state index contributed by atoms with van der Waals surface area (Å²) in [7, 11) is 0. The minimum absolute atomic E-state index is 0.0705. The van der Waals surface area contributed by atoms with Gasteiger partial charge in [0.15, 0.2) is 0 Å². The van der Waals surface area contributed by atoms with E-state index in [0.717, 1.165) is 19.3 Å². The van der Waals surface area contributed by atoms with Crippen molar-refractivity contribution in [1.82, 2.24) is 10.2 Å². The molecule has 3 N–H and O–H groups in total. The van der Waals surface area contributed by atoms with E-state index in [1.807, 2.05) is 6.92 Å². The Hall–Kier alpha value is -1.30. The molecule has 0 aromatic carbocycles. The number of nitrogens with one attached hydrogen (secondary N) is 1. The maximum absolute atomic E-state index is 12.0. The Balaban J connectivity index is 2.58. The van der Waals surface area contributed by atoms with Crippen LogP contribution in [0.4, 0.5) is 4.79 Å². The molecule has 18 heavy (non-hydrogen) atoms. The summed E-state index contributed by atoms with van der Waals surface area (Å²) in [6, 6.07) is -1.41. The van der Waals surface area contributed by atoms with E-state index in [9.17, 15) is 14.7 Å². The number of carbonyl (C=O) groups excluding carboxylic acids is 1. The van der Waals surface area contributed by atoms with Crippen LogP contribution in [0.3, 0.4) is 0 Å². The lowest BCUT2D eigenvalue weighted by molar-refractivity contribution is -0.139. The molecule has 1 fully saturated rings. The van der Waals surface area contributed by atoms with Crippen molar-refractivity contribution in [3.63, 3.8) is 0 Å². The summed E-state index contributed by atoms with van der Waals surface area (Å²) < 4.78 is 0. The van der Waals surface area contributed by atoms with Crippen LogP contribution in [0, 0.1) is 0 Å². The Bertz CT molecular complexity index is 296. The summed E-state index contributed by atoms with van der Waals surface area (Å²) in [5, 5.41) is 20.7. The van der Waals surface area contributed by atoms with Crippen molar-refractivity contribution in [3.8, 4) is 0 Å². The molecule has 1 aliphatic rings. The summed E-state index contributed by atoms with van der Waals surface area (Å²) in [6.45, 7) is 2.38. The molecular formula is C12H22N2O4. The largest absolute Gasteiger partial charge is 0.480 e. The second-order valence-corrected chi connectivity index (χ2v) is 4.65. The monoisotopic (exact) mass is 258 g/mol. The summed E-state index contributed by atoms with van der Waals surface area (Å²) in [6.07, 6.45) is 3.77. The Morgan fingerprint density at radius 2 is 2.17 bits per heavy atom. The van der Waals surface area contributed by atoms with Gasteiger partial charge in [0.25, 0.3) is 0 Å². The minimum atomic E-state index is -1.01. The third-order valence-electron chi connectivity index (χ3n) is 3.27. The number of likely N-dealkylation sites (tertiary alicyclic amines) is 1. The van der Waals surface area contributed by atoms with Crippen LogP contribution >= 0.6 is 0 Å². The van der Waals surface area contributed by atoms with Crippen LogP contribution in [0.1, 0.15) is 39.0 Å². The van der Waals surface area contributed by atoms with Gasteiger partial charge >= 0.3 is 12.0 Å². The quantitative estimate of drug-likeness (QED) is 0.680. The van der Waals surface area contributed by atoms with E-state index in [1.165, 1.54) is 0 Å². The molecule has 1 unspecified atom stereocenters. The first-order chi connectivity index (χ1) is 8.60. The number of amides is 2. The first-order valence-electron chi connectivity index (χ1n) is 6.51. The lowest BCUT2D eigenvalue weighted by atomic mass is 10.0. The number of hydrogen-bond acceptors (Lipinski definition) is 3. The maximum atomic E-state index is 12.0. The van der Waals surface area contributed by atoms with Crippen molar-refractivity contribution in [3.05, 3.63) is 0 Å². The van der Waals surface area contributed by atoms with Crippen molar-refractivity contribution >= 4 is 12.0 Å². The van der Waals surface area contributed by atoms with Crippen molar-refractivity contribution in [2.24, 2.45) is 0 Å². The molecule has 0 aromatic rings. The third kappa shape index (κ3) is 3.87. The van der Waals surface area contributed by atoms with Crippen molar-refractivity contribution < 1.29 is 19.8 Å². The predicted octanol–water partition coefficient (Wildman–Crippen LogP) is 0.796. The summed E-state index contributed by atoms with van der Waals surface area (Å²) >= 11 is 0. The number of nitrogens with zero attached hydrogens (tertiary/aromatic N) is 1. The van der Waals surface area contributed by atoms with Gasteiger partial charge in [-0.05, 0) is 25.7 Å². The Morgan fingerprint density at radius 3 is 2.72 bits per heavy atom. The fourth-order valence-corrected chi connectivity index (χ4v) is 2.24. The highest BCUT2D eigenvalue weighted by atomic mass is 16.4. The van der Waals surface area contributed by atoms with Crippen LogP contribution in [0.5, 0.6) is 0 Å². The smallest absolute Gasteiger partial charge is 0.326 e. The molecule has 1 saturated heterocycles. The number of aliphatic carboxylic acids is 1. The van der Waals surface area contributed by atoms with Crippen molar-refractivity contribution in [2.75, 3.05) is 13.2 Å². The SMILES string of the molecule is CCC[C@@H](NC(=O)N1CCCCC1CO)C(=O)O. The summed E-state index contributed by atoms with van der Waals surface area (Å²) in [5.41, 5.74) is 0. The van der Waals surface area contributed by atoms with Gasteiger partial charge in [-0.2, -0.15) is 0 Å². The number of carboxylic acids is 1. The molecule has 0 aromatic heterocycles. The summed E-state index contributed by atoms with van der Waals surface area (Å²) in [4.78, 5) is 24.5. The lowest BCUT2D eigenvalue weighted by Crippen LogP contribution is -2.53. The number of aliphatic hydroxyl groups is 1. The van der Waals surface area contributed by atoms with Gasteiger partial charge in [0.05, 0.1) is 12.6 Å². The molecule has 6 heteroatoms. The molecular weight excluding hydrogens is 236 g/mol. The van der Waals surface area contributed by atoms with Crippen LogP contribution < -0.4 is 5.32 Å². The molecule has 0 radical (unpaired) electrons. The molecule has 2 atom stereocenters. The zero-order valence-electron chi connectivity index (χ0n) is 10.8. The highest BCUT2D eigenvalue weighted by Gasteiger charge is 2.28. The molecule has 2 amide bonds. The van der Waals surface area contributed by atoms with Gasteiger partial charge in [-0.1, -0.05) is 13.3 Å². The van der Waals surface area contributed by atoms with Crippen LogP contribution in [0.2, 0.25) is 0 Å². The van der Waals surface area contributed by atoms with Gasteiger partial charge in [0.1, 0.15) is 6.04 Å². The number of rotatable bonds is 5. The topological polar surface area (TPSA) is 89.9 Å². The van der Waals surface area contributed by atoms with Crippen molar-refractivity contribution in [1.29, 1.82) is 0 Å². The molecule has 0 saturated carbocycles. The first kappa shape index (κ1) is 14.8. The molecule has 0 aliphatic carbocycles. The minimum Gasteiger partial charge on any atom is -0.480 e. The van der Waals surface area contributed by atoms with Gasteiger partial charge in [-0.15, -0.1) is 0 Å². The average Bonchev–Trinajstić information content (AvgIpc) is 2.37. The van der Waals surface area contributed by atoms with E-state index in [1.54, 1.807) is 4.90 Å². The van der Waals surface area contributed by atoms with Gasteiger partial charge in [0, 0.05) is 6.54 Å². The van der Waals surface area contributed by atoms with E-state index in [4.69, 9.17) is 5.11 Å². The molecule has 104 valence electrons. The number of urea groups is 1. The molecule has 1 heterocycles. The van der Waals surface area contributed by atoms with E-state index in [2.05, 4.69) is 5.32 Å². The predicted molar refractivity (Wildman–Crippen MR) is 66.3 cm³/mol. The Kier molecular flexibility index (Phi) is 5.91. The first-order valence-corrected chi connectivity index (χ1v) is 6.51. The molecule has 1 rings (SSSR count). The Labute approximate surface area is 107 Å². The van der Waals surface area contributed by atoms with E-state index in [0.29, 0.717) is 19.4 Å². The number of hydrogen-bond donors (Lipinski definition) is 3. The Morgan fingerprint density at radius 1 is 1.44 bits per heavy atom. The maximum Gasteiger partial charge on any atom is 0.326 e.